The standard InChI is InChI=1S/C19H19N3O3S/c1-13-17(22-26-21-13)12-25-16-8-5-7-14(10-16)19(23)20-11-15-6-3-4-9-18(15)24-2/h3-10H,11-12H2,1-2H3,(H,20,23). The van der Waals surface area contributed by atoms with Crippen LogP contribution in [0.4, 0.5) is 0 Å². The van der Waals surface area contributed by atoms with Gasteiger partial charge in [-0.25, -0.2) is 0 Å². The highest BCUT2D eigenvalue weighted by molar-refractivity contribution is 6.99. The van der Waals surface area contributed by atoms with Gasteiger partial charge in [0.2, 0.25) is 0 Å². The fourth-order valence-electron chi connectivity index (χ4n) is 2.39. The van der Waals surface area contributed by atoms with E-state index in [1.165, 1.54) is 0 Å². The molecule has 26 heavy (non-hydrogen) atoms. The van der Waals surface area contributed by atoms with E-state index in [4.69, 9.17) is 9.47 Å². The van der Waals surface area contributed by atoms with Crippen molar-refractivity contribution in [3.8, 4) is 11.5 Å². The lowest BCUT2D eigenvalue weighted by Gasteiger charge is -2.10. The lowest BCUT2D eigenvalue weighted by molar-refractivity contribution is 0.0950. The van der Waals surface area contributed by atoms with Gasteiger partial charge in [-0.2, -0.15) is 8.75 Å². The molecule has 134 valence electrons. The van der Waals surface area contributed by atoms with E-state index in [0.29, 0.717) is 24.5 Å². The molecule has 3 rings (SSSR count). The summed E-state index contributed by atoms with van der Waals surface area (Å²) in [7, 11) is 1.61. The van der Waals surface area contributed by atoms with Crippen LogP contribution in [0.25, 0.3) is 0 Å². The van der Waals surface area contributed by atoms with Crippen molar-refractivity contribution in [2.24, 2.45) is 0 Å². The fourth-order valence-corrected chi connectivity index (χ4v) is 2.94. The van der Waals surface area contributed by atoms with Gasteiger partial charge in [-0.3, -0.25) is 4.79 Å². The van der Waals surface area contributed by atoms with E-state index in [1.807, 2.05) is 37.3 Å². The highest BCUT2D eigenvalue weighted by atomic mass is 32.1. The molecule has 0 atom stereocenters. The van der Waals surface area contributed by atoms with Crippen LogP contribution in [0, 0.1) is 6.92 Å². The topological polar surface area (TPSA) is 73.3 Å². The van der Waals surface area contributed by atoms with Crippen molar-refractivity contribution in [2.45, 2.75) is 20.1 Å². The number of nitrogens with zero attached hydrogens (tertiary/aromatic N) is 2. The van der Waals surface area contributed by atoms with E-state index in [0.717, 1.165) is 34.4 Å². The zero-order valence-electron chi connectivity index (χ0n) is 14.6. The van der Waals surface area contributed by atoms with Gasteiger partial charge in [-0.15, -0.1) is 0 Å². The number of aryl methyl sites for hydroxylation is 1. The first-order valence-electron chi connectivity index (χ1n) is 8.08. The lowest BCUT2D eigenvalue weighted by atomic mass is 10.1. The Labute approximate surface area is 156 Å². The smallest absolute Gasteiger partial charge is 0.251 e. The minimum absolute atomic E-state index is 0.173. The zero-order valence-corrected chi connectivity index (χ0v) is 15.4. The maximum Gasteiger partial charge on any atom is 0.251 e. The molecule has 0 bridgehead atoms. The van der Waals surface area contributed by atoms with E-state index >= 15 is 0 Å². The van der Waals surface area contributed by atoms with Crippen LogP contribution < -0.4 is 14.8 Å². The summed E-state index contributed by atoms with van der Waals surface area (Å²) in [4.78, 5) is 12.4. The molecule has 0 unspecified atom stereocenters. The van der Waals surface area contributed by atoms with Gasteiger partial charge in [-0.05, 0) is 31.2 Å². The van der Waals surface area contributed by atoms with Crippen LogP contribution in [0.15, 0.2) is 48.5 Å². The van der Waals surface area contributed by atoms with E-state index < -0.39 is 0 Å². The molecule has 6 nitrogen and oxygen atoms in total. The van der Waals surface area contributed by atoms with E-state index in [-0.39, 0.29) is 5.91 Å². The van der Waals surface area contributed by atoms with Crippen molar-refractivity contribution < 1.29 is 14.3 Å². The maximum absolute atomic E-state index is 12.4. The third kappa shape index (κ3) is 4.37. The van der Waals surface area contributed by atoms with Gasteiger partial charge in [0.15, 0.2) is 0 Å². The van der Waals surface area contributed by atoms with Crippen LogP contribution in [-0.4, -0.2) is 21.8 Å². The number of ether oxygens (including phenoxy) is 2. The Morgan fingerprint density at radius 3 is 2.77 bits per heavy atom. The predicted octanol–water partition coefficient (Wildman–Crippen LogP) is 3.36. The Morgan fingerprint density at radius 2 is 2.00 bits per heavy atom. The third-order valence-corrected chi connectivity index (χ3v) is 4.51. The van der Waals surface area contributed by atoms with Gasteiger partial charge in [0, 0.05) is 17.7 Å². The number of benzene rings is 2. The summed E-state index contributed by atoms with van der Waals surface area (Å²) in [5.41, 5.74) is 3.12. The lowest BCUT2D eigenvalue weighted by Crippen LogP contribution is -2.23. The molecule has 0 spiro atoms. The first-order valence-corrected chi connectivity index (χ1v) is 8.81. The quantitative estimate of drug-likeness (QED) is 0.691. The largest absolute Gasteiger partial charge is 0.496 e. The van der Waals surface area contributed by atoms with Crippen molar-refractivity contribution in [1.29, 1.82) is 0 Å². The summed E-state index contributed by atoms with van der Waals surface area (Å²) in [5, 5.41) is 2.90. The first kappa shape index (κ1) is 17.9. The van der Waals surface area contributed by atoms with Crippen molar-refractivity contribution in [1.82, 2.24) is 14.1 Å². The Balaban J connectivity index is 1.62. The van der Waals surface area contributed by atoms with Crippen molar-refractivity contribution in [2.75, 3.05) is 7.11 Å². The van der Waals surface area contributed by atoms with Crippen molar-refractivity contribution in [3.63, 3.8) is 0 Å². The van der Waals surface area contributed by atoms with Crippen molar-refractivity contribution >= 4 is 17.6 Å². The summed E-state index contributed by atoms with van der Waals surface area (Å²) in [6, 6.07) is 14.7. The molecule has 1 amide bonds. The molecule has 1 aromatic heterocycles. The van der Waals surface area contributed by atoms with E-state index in [1.54, 1.807) is 25.3 Å². The number of carbonyl (C=O) groups is 1. The van der Waals surface area contributed by atoms with Crippen LogP contribution >= 0.6 is 11.7 Å². The van der Waals surface area contributed by atoms with Gasteiger partial charge >= 0.3 is 0 Å². The van der Waals surface area contributed by atoms with Crippen LogP contribution in [0.2, 0.25) is 0 Å². The Morgan fingerprint density at radius 1 is 1.15 bits per heavy atom. The number of hydrogen-bond acceptors (Lipinski definition) is 6. The molecule has 0 aliphatic carbocycles. The summed E-state index contributed by atoms with van der Waals surface area (Å²) in [5.74, 6) is 1.19. The number of carbonyl (C=O) groups excluding carboxylic acids is 1. The molecule has 3 aromatic rings. The highest BCUT2D eigenvalue weighted by Crippen LogP contribution is 2.18. The van der Waals surface area contributed by atoms with Gasteiger partial charge in [0.25, 0.3) is 5.91 Å². The molecule has 0 saturated heterocycles. The Bertz CT molecular complexity index is 895. The molecule has 0 saturated carbocycles. The summed E-state index contributed by atoms with van der Waals surface area (Å²) in [6.07, 6.45) is 0. The second kappa shape index (κ2) is 8.44. The third-order valence-electron chi connectivity index (χ3n) is 3.85. The monoisotopic (exact) mass is 369 g/mol. The molecule has 1 N–H and O–H groups in total. The van der Waals surface area contributed by atoms with Crippen molar-refractivity contribution in [3.05, 3.63) is 71.0 Å². The normalized spacial score (nSPS) is 10.4. The van der Waals surface area contributed by atoms with E-state index in [2.05, 4.69) is 14.1 Å². The first-order chi connectivity index (χ1) is 12.7. The average Bonchev–Trinajstić information content (AvgIpc) is 3.09. The number of aromatic nitrogens is 2. The Kier molecular flexibility index (Phi) is 5.80. The Hall–Kier alpha value is -2.93. The second-order valence-corrected chi connectivity index (χ2v) is 6.14. The maximum atomic E-state index is 12.4. The average molecular weight is 369 g/mol. The molecular formula is C19H19N3O3S. The van der Waals surface area contributed by atoms with E-state index in [9.17, 15) is 4.79 Å². The minimum atomic E-state index is -0.173. The molecule has 1 heterocycles. The molecule has 0 aliphatic heterocycles. The summed E-state index contributed by atoms with van der Waals surface area (Å²) >= 11 is 1.16. The summed E-state index contributed by atoms with van der Waals surface area (Å²) < 4.78 is 19.3. The predicted molar refractivity (Wildman–Crippen MR) is 99.6 cm³/mol. The number of hydrogen-bond donors (Lipinski definition) is 1. The minimum Gasteiger partial charge on any atom is -0.496 e. The molecule has 7 heteroatoms. The SMILES string of the molecule is COc1ccccc1CNC(=O)c1cccc(OCc2nsnc2C)c1. The fraction of sp³-hybridized carbons (Fsp3) is 0.211. The van der Waals surface area contributed by atoms with Gasteiger partial charge in [0.1, 0.15) is 23.8 Å². The molecule has 0 fully saturated rings. The summed E-state index contributed by atoms with van der Waals surface area (Å²) in [6.45, 7) is 2.61. The number of amides is 1. The van der Waals surface area contributed by atoms with Crippen LogP contribution in [0.3, 0.4) is 0 Å². The number of para-hydroxylation sites is 1. The zero-order chi connectivity index (χ0) is 18.4. The molecular weight excluding hydrogens is 350 g/mol. The van der Waals surface area contributed by atoms with Crippen LogP contribution in [0.5, 0.6) is 11.5 Å². The van der Waals surface area contributed by atoms with Gasteiger partial charge in [-0.1, -0.05) is 24.3 Å². The number of methoxy groups -OCH3 is 1. The molecule has 2 aromatic carbocycles. The van der Waals surface area contributed by atoms with Gasteiger partial charge in [0.05, 0.1) is 24.5 Å². The van der Waals surface area contributed by atoms with Crippen LogP contribution in [-0.2, 0) is 13.2 Å². The van der Waals surface area contributed by atoms with Gasteiger partial charge < -0.3 is 14.8 Å². The molecule has 0 radical (unpaired) electrons. The second-order valence-electron chi connectivity index (χ2n) is 5.61. The van der Waals surface area contributed by atoms with Crippen LogP contribution in [0.1, 0.15) is 27.3 Å². The number of rotatable bonds is 7. The molecule has 0 aliphatic rings. The number of nitrogens with one attached hydrogen (secondary N) is 1. The highest BCUT2D eigenvalue weighted by Gasteiger charge is 2.10.